The molecule has 196 valence electrons. The fraction of sp³-hybridized carbons (Fsp3) is 0.276. The minimum atomic E-state index is -0.148. The van der Waals surface area contributed by atoms with E-state index in [1.165, 1.54) is 11.3 Å². The van der Waals surface area contributed by atoms with Crippen LogP contribution in [0.15, 0.2) is 52.8 Å². The van der Waals surface area contributed by atoms with Crippen molar-refractivity contribution < 1.29 is 23.7 Å². The van der Waals surface area contributed by atoms with Crippen molar-refractivity contribution in [3.8, 4) is 28.6 Å². The Labute approximate surface area is 224 Å². The van der Waals surface area contributed by atoms with E-state index < -0.39 is 0 Å². The van der Waals surface area contributed by atoms with E-state index in [0.29, 0.717) is 76.2 Å². The first-order chi connectivity index (χ1) is 18.5. The molecule has 38 heavy (non-hydrogen) atoms. The SMILES string of the molecule is CCOC1=C(C=O)CCc2c1sc1nc(-c3cc(OC)c(OC)c(OC)c3)n(Cc3ccccc3)c(=O)c21. The van der Waals surface area contributed by atoms with E-state index in [1.807, 2.05) is 37.3 Å². The Bertz CT molecular complexity index is 1580. The first kappa shape index (κ1) is 25.5. The number of allylic oxidation sites excluding steroid dienone is 1. The number of nitrogens with zero attached hydrogens (tertiary/aromatic N) is 2. The van der Waals surface area contributed by atoms with Gasteiger partial charge in [-0.25, -0.2) is 4.98 Å². The van der Waals surface area contributed by atoms with Crippen LogP contribution in [-0.4, -0.2) is 43.8 Å². The van der Waals surface area contributed by atoms with Crippen molar-refractivity contribution in [1.29, 1.82) is 0 Å². The summed E-state index contributed by atoms with van der Waals surface area (Å²) in [5.41, 5.74) is 2.96. The Balaban J connectivity index is 1.81. The second kappa shape index (κ2) is 10.7. The van der Waals surface area contributed by atoms with Crippen molar-refractivity contribution in [3.05, 3.63) is 74.4 Å². The summed E-state index contributed by atoms with van der Waals surface area (Å²) in [4.78, 5) is 32.4. The van der Waals surface area contributed by atoms with Gasteiger partial charge in [0.2, 0.25) is 5.75 Å². The van der Waals surface area contributed by atoms with Gasteiger partial charge in [0.05, 0.1) is 44.7 Å². The minimum Gasteiger partial charge on any atom is -0.493 e. The summed E-state index contributed by atoms with van der Waals surface area (Å²) in [6.07, 6.45) is 1.94. The average Bonchev–Trinajstić information content (AvgIpc) is 3.33. The summed E-state index contributed by atoms with van der Waals surface area (Å²) >= 11 is 1.38. The third kappa shape index (κ3) is 4.32. The van der Waals surface area contributed by atoms with E-state index >= 15 is 0 Å². The number of fused-ring (bicyclic) bond motifs is 3. The quantitative estimate of drug-likeness (QED) is 0.277. The van der Waals surface area contributed by atoms with E-state index in [9.17, 15) is 9.59 Å². The van der Waals surface area contributed by atoms with Crippen LogP contribution in [0.25, 0.3) is 27.4 Å². The molecule has 0 bridgehead atoms. The number of thiophene rings is 1. The van der Waals surface area contributed by atoms with Gasteiger partial charge >= 0.3 is 0 Å². The standard InChI is InChI=1S/C29H28N2O6S/c1-5-37-24-18(16-32)11-12-20-23-28(38-26(20)24)30-27(31(29(23)33)15-17-9-7-6-8-10-17)19-13-21(34-2)25(36-4)22(14-19)35-3/h6-10,13-14,16H,5,11-12,15H2,1-4H3. The number of hydrogen-bond donors (Lipinski definition) is 0. The van der Waals surface area contributed by atoms with Crippen LogP contribution in [0, 0.1) is 0 Å². The van der Waals surface area contributed by atoms with E-state index in [1.54, 1.807) is 38.0 Å². The number of ether oxygens (including phenoxy) is 4. The molecule has 0 N–H and O–H groups in total. The van der Waals surface area contributed by atoms with Gasteiger partial charge < -0.3 is 18.9 Å². The topological polar surface area (TPSA) is 88.9 Å². The van der Waals surface area contributed by atoms with Crippen molar-refractivity contribution in [2.45, 2.75) is 26.3 Å². The van der Waals surface area contributed by atoms with E-state index in [-0.39, 0.29) is 5.56 Å². The summed E-state index contributed by atoms with van der Waals surface area (Å²) in [7, 11) is 4.64. The van der Waals surface area contributed by atoms with Gasteiger partial charge in [-0.05, 0) is 43.0 Å². The van der Waals surface area contributed by atoms with Crippen molar-refractivity contribution in [3.63, 3.8) is 0 Å². The van der Waals surface area contributed by atoms with Crippen LogP contribution in [-0.2, 0) is 22.5 Å². The summed E-state index contributed by atoms with van der Waals surface area (Å²) in [6, 6.07) is 13.4. The Hall–Kier alpha value is -4.11. The second-order valence-corrected chi connectivity index (χ2v) is 9.72. The number of aldehydes is 1. The van der Waals surface area contributed by atoms with Crippen LogP contribution in [0.3, 0.4) is 0 Å². The van der Waals surface area contributed by atoms with Crippen LogP contribution in [0.5, 0.6) is 17.2 Å². The molecule has 2 aromatic heterocycles. The number of aromatic nitrogens is 2. The molecule has 0 amide bonds. The van der Waals surface area contributed by atoms with Gasteiger partial charge in [0.25, 0.3) is 5.56 Å². The maximum absolute atomic E-state index is 14.2. The van der Waals surface area contributed by atoms with Crippen molar-refractivity contribution >= 4 is 33.6 Å². The highest BCUT2D eigenvalue weighted by molar-refractivity contribution is 7.19. The van der Waals surface area contributed by atoms with Crippen LogP contribution in [0.2, 0.25) is 0 Å². The molecule has 0 saturated carbocycles. The lowest BCUT2D eigenvalue weighted by Gasteiger charge is -2.18. The molecular formula is C29H28N2O6S. The summed E-state index contributed by atoms with van der Waals surface area (Å²) < 4.78 is 24.2. The van der Waals surface area contributed by atoms with E-state index in [4.69, 9.17) is 23.9 Å². The van der Waals surface area contributed by atoms with Crippen LogP contribution in [0.4, 0.5) is 0 Å². The summed E-state index contributed by atoms with van der Waals surface area (Å²) in [5, 5.41) is 0.569. The predicted molar refractivity (Wildman–Crippen MR) is 147 cm³/mol. The highest BCUT2D eigenvalue weighted by Crippen LogP contribution is 2.43. The molecule has 0 saturated heterocycles. The molecule has 0 aliphatic heterocycles. The van der Waals surface area contributed by atoms with Gasteiger partial charge in [-0.2, -0.15) is 0 Å². The number of benzene rings is 2. The van der Waals surface area contributed by atoms with Gasteiger partial charge in [-0.15, -0.1) is 11.3 Å². The molecule has 0 spiro atoms. The molecule has 0 fully saturated rings. The molecule has 5 rings (SSSR count). The lowest BCUT2D eigenvalue weighted by Crippen LogP contribution is -2.24. The molecule has 4 aromatic rings. The molecular weight excluding hydrogens is 504 g/mol. The zero-order chi connectivity index (χ0) is 26.8. The molecule has 1 aliphatic carbocycles. The van der Waals surface area contributed by atoms with Crippen LogP contribution in [0.1, 0.15) is 29.3 Å². The largest absolute Gasteiger partial charge is 0.493 e. The maximum atomic E-state index is 14.2. The second-order valence-electron chi connectivity index (χ2n) is 8.72. The first-order valence-corrected chi connectivity index (χ1v) is 13.1. The Morgan fingerprint density at radius 2 is 1.74 bits per heavy atom. The normalized spacial score (nSPS) is 12.8. The Morgan fingerprint density at radius 3 is 2.34 bits per heavy atom. The van der Waals surface area contributed by atoms with Gasteiger partial charge in [0.15, 0.2) is 11.5 Å². The van der Waals surface area contributed by atoms with Crippen molar-refractivity contribution in [2.24, 2.45) is 0 Å². The lowest BCUT2D eigenvalue weighted by atomic mass is 9.95. The van der Waals surface area contributed by atoms with Gasteiger partial charge in [0, 0.05) is 11.1 Å². The first-order valence-electron chi connectivity index (χ1n) is 12.3. The van der Waals surface area contributed by atoms with Gasteiger partial charge in [0.1, 0.15) is 22.7 Å². The smallest absolute Gasteiger partial charge is 0.263 e. The number of carbonyl (C=O) groups is 1. The van der Waals surface area contributed by atoms with E-state index in [2.05, 4.69) is 0 Å². The van der Waals surface area contributed by atoms with Crippen LogP contribution < -0.4 is 19.8 Å². The highest BCUT2D eigenvalue weighted by atomic mass is 32.1. The van der Waals surface area contributed by atoms with Crippen molar-refractivity contribution in [2.75, 3.05) is 27.9 Å². The van der Waals surface area contributed by atoms with Gasteiger partial charge in [-0.1, -0.05) is 30.3 Å². The number of rotatable bonds is 9. The number of carbonyl (C=O) groups excluding carboxylic acids is 1. The average molecular weight is 533 g/mol. The predicted octanol–water partition coefficient (Wildman–Crippen LogP) is 5.09. The summed E-state index contributed by atoms with van der Waals surface area (Å²) in [6.45, 7) is 2.63. The zero-order valence-corrected chi connectivity index (χ0v) is 22.5. The number of hydrogen-bond acceptors (Lipinski definition) is 8. The molecule has 2 heterocycles. The van der Waals surface area contributed by atoms with Gasteiger partial charge in [-0.3, -0.25) is 14.2 Å². The number of methoxy groups -OCH3 is 3. The zero-order valence-electron chi connectivity index (χ0n) is 21.7. The molecule has 0 unspecified atom stereocenters. The molecule has 0 atom stereocenters. The van der Waals surface area contributed by atoms with E-state index in [0.717, 1.165) is 22.3 Å². The fourth-order valence-electron chi connectivity index (χ4n) is 4.84. The molecule has 0 radical (unpaired) electrons. The third-order valence-corrected chi connectivity index (χ3v) is 7.71. The minimum absolute atomic E-state index is 0.148. The third-order valence-electron chi connectivity index (χ3n) is 6.59. The maximum Gasteiger partial charge on any atom is 0.263 e. The van der Waals surface area contributed by atoms with Crippen molar-refractivity contribution in [1.82, 2.24) is 9.55 Å². The molecule has 1 aliphatic rings. The number of aryl methyl sites for hydroxylation is 1. The monoisotopic (exact) mass is 532 g/mol. The molecule has 8 nitrogen and oxygen atoms in total. The Kier molecular flexibility index (Phi) is 7.20. The van der Waals surface area contributed by atoms with Crippen LogP contribution >= 0.6 is 11.3 Å². The molecule has 9 heteroatoms. The highest BCUT2D eigenvalue weighted by Gasteiger charge is 2.29. The Morgan fingerprint density at radius 1 is 1.03 bits per heavy atom. The molecule has 2 aromatic carbocycles. The summed E-state index contributed by atoms with van der Waals surface area (Å²) in [5.74, 6) is 2.41. The lowest BCUT2D eigenvalue weighted by molar-refractivity contribution is -0.105. The fourth-order valence-corrected chi connectivity index (χ4v) is 6.09.